The van der Waals surface area contributed by atoms with Crippen molar-refractivity contribution in [3.8, 4) is 16.9 Å². The second-order valence-electron chi connectivity index (χ2n) is 7.81. The molecular weight excluding hydrogens is 397 g/mol. The number of carboxylic acid groups (broad SMARTS) is 1. The molecule has 6 nitrogen and oxygen atoms in total. The molecule has 1 aliphatic carbocycles. The molecular formula is C24H26FN3O3. The summed E-state index contributed by atoms with van der Waals surface area (Å²) in [5.41, 5.74) is 4.43. The van der Waals surface area contributed by atoms with E-state index in [1.807, 2.05) is 19.1 Å². The molecule has 0 radical (unpaired) electrons. The number of rotatable bonds is 7. The minimum absolute atomic E-state index is 0.152. The molecule has 0 bridgehead atoms. The fraction of sp³-hybridized carbons (Fsp3) is 0.333. The summed E-state index contributed by atoms with van der Waals surface area (Å²) < 4.78 is 19.4. The van der Waals surface area contributed by atoms with Crippen LogP contribution in [0.25, 0.3) is 27.7 Å². The van der Waals surface area contributed by atoms with E-state index in [0.29, 0.717) is 17.7 Å². The van der Waals surface area contributed by atoms with Gasteiger partial charge in [-0.05, 0) is 67.2 Å². The van der Waals surface area contributed by atoms with E-state index in [9.17, 15) is 14.3 Å². The highest BCUT2D eigenvalue weighted by Crippen LogP contribution is 2.37. The Bertz CT molecular complexity index is 1140. The number of carbonyl (C=O) groups is 1. The second kappa shape index (κ2) is 8.89. The number of carboxylic acids is 1. The Morgan fingerprint density at radius 2 is 2.19 bits per heavy atom. The number of nitrogens with one attached hydrogen (secondary N) is 2. The highest BCUT2D eigenvalue weighted by Gasteiger charge is 2.23. The Balaban J connectivity index is 1.62. The Morgan fingerprint density at radius 1 is 1.35 bits per heavy atom. The molecule has 0 saturated carbocycles. The molecule has 3 aromatic rings. The maximum atomic E-state index is 13.9. The lowest BCUT2D eigenvalue weighted by molar-refractivity contribution is -0.139. The van der Waals surface area contributed by atoms with E-state index in [1.165, 1.54) is 17.7 Å². The first-order valence-corrected chi connectivity index (χ1v) is 10.5. The third-order valence-electron chi connectivity index (χ3n) is 5.88. The fourth-order valence-corrected chi connectivity index (χ4v) is 4.20. The van der Waals surface area contributed by atoms with Gasteiger partial charge in [-0.15, -0.1) is 0 Å². The molecule has 0 aliphatic heterocycles. The lowest BCUT2D eigenvalue weighted by Gasteiger charge is -2.25. The summed E-state index contributed by atoms with van der Waals surface area (Å²) in [7, 11) is 1.57. The molecule has 162 valence electrons. The topological polar surface area (TPSA) is 87.2 Å². The molecule has 3 N–H and O–H groups in total. The number of aromatic nitrogens is 2. The summed E-state index contributed by atoms with van der Waals surface area (Å²) >= 11 is 0. The Hall–Kier alpha value is -3.19. The van der Waals surface area contributed by atoms with Gasteiger partial charge < -0.3 is 20.1 Å². The molecule has 2 heterocycles. The fourth-order valence-electron chi connectivity index (χ4n) is 4.20. The van der Waals surface area contributed by atoms with Crippen molar-refractivity contribution in [2.75, 3.05) is 7.11 Å². The zero-order valence-electron chi connectivity index (χ0n) is 17.6. The van der Waals surface area contributed by atoms with Crippen molar-refractivity contribution in [3.05, 3.63) is 54.1 Å². The predicted molar refractivity (Wildman–Crippen MR) is 119 cm³/mol. The standard InChI is InChI=1S/C24H26FN3O3/c1-3-20(24(29)30)27-16-7-4-14(5-8-16)21-13-19-17(10-11-26-23(19)28-21)18-12-15(25)6-9-22(18)31-2/h4,6,9-13,16,20,27H,3,5,7-8H2,1-2H3,(H,26,28)(H,29,30). The van der Waals surface area contributed by atoms with Crippen LogP contribution in [0.5, 0.6) is 5.75 Å². The molecule has 1 aromatic carbocycles. The SMILES string of the molecule is CCC(NC1CC=C(c2cc3c(-c4cc(F)ccc4OC)ccnc3[nH]2)CC1)C(=O)O. The molecule has 0 saturated heterocycles. The van der Waals surface area contributed by atoms with Gasteiger partial charge in [0.05, 0.1) is 7.11 Å². The van der Waals surface area contributed by atoms with Crippen LogP contribution in [0.4, 0.5) is 4.39 Å². The minimum atomic E-state index is -0.806. The minimum Gasteiger partial charge on any atom is -0.496 e. The summed E-state index contributed by atoms with van der Waals surface area (Å²) in [4.78, 5) is 19.1. The van der Waals surface area contributed by atoms with E-state index in [0.717, 1.165) is 41.6 Å². The quantitative estimate of drug-likeness (QED) is 0.510. The van der Waals surface area contributed by atoms with E-state index in [1.54, 1.807) is 19.4 Å². The van der Waals surface area contributed by atoms with Gasteiger partial charge in [0, 0.05) is 28.9 Å². The number of H-pyrrole nitrogens is 1. The number of nitrogens with zero attached hydrogens (tertiary/aromatic N) is 1. The van der Waals surface area contributed by atoms with Crippen molar-refractivity contribution in [1.82, 2.24) is 15.3 Å². The van der Waals surface area contributed by atoms with Gasteiger partial charge in [-0.2, -0.15) is 0 Å². The second-order valence-corrected chi connectivity index (χ2v) is 7.81. The van der Waals surface area contributed by atoms with Gasteiger partial charge in [-0.1, -0.05) is 13.0 Å². The van der Waals surface area contributed by atoms with Crippen LogP contribution in [0.2, 0.25) is 0 Å². The van der Waals surface area contributed by atoms with Crippen LogP contribution in [-0.4, -0.2) is 40.2 Å². The van der Waals surface area contributed by atoms with Gasteiger partial charge in [0.2, 0.25) is 0 Å². The molecule has 2 atom stereocenters. The van der Waals surface area contributed by atoms with Crippen molar-refractivity contribution >= 4 is 22.6 Å². The van der Waals surface area contributed by atoms with Gasteiger partial charge >= 0.3 is 5.97 Å². The number of aromatic amines is 1. The zero-order chi connectivity index (χ0) is 22.0. The summed E-state index contributed by atoms with van der Waals surface area (Å²) in [6.45, 7) is 1.87. The number of aliphatic carboxylic acids is 1. The first-order valence-electron chi connectivity index (χ1n) is 10.5. The number of ether oxygens (including phenoxy) is 1. The third-order valence-corrected chi connectivity index (χ3v) is 5.88. The van der Waals surface area contributed by atoms with Gasteiger partial charge in [0.15, 0.2) is 0 Å². The third kappa shape index (κ3) is 4.32. The maximum Gasteiger partial charge on any atom is 0.320 e. The number of halogens is 1. The average molecular weight is 423 g/mol. The number of hydrogen-bond acceptors (Lipinski definition) is 4. The number of hydrogen-bond donors (Lipinski definition) is 3. The Morgan fingerprint density at radius 3 is 2.87 bits per heavy atom. The van der Waals surface area contributed by atoms with Gasteiger partial charge in [0.25, 0.3) is 0 Å². The lowest BCUT2D eigenvalue weighted by atomic mass is 9.92. The number of benzene rings is 1. The maximum absolute atomic E-state index is 13.9. The van der Waals surface area contributed by atoms with Crippen molar-refractivity contribution < 1.29 is 19.0 Å². The van der Waals surface area contributed by atoms with Gasteiger partial charge in [0.1, 0.15) is 23.3 Å². The summed E-state index contributed by atoms with van der Waals surface area (Å²) in [5, 5.41) is 13.4. The molecule has 2 unspecified atom stereocenters. The van der Waals surface area contributed by atoms with Crippen LogP contribution in [0.3, 0.4) is 0 Å². The molecule has 31 heavy (non-hydrogen) atoms. The van der Waals surface area contributed by atoms with Crippen molar-refractivity contribution in [1.29, 1.82) is 0 Å². The van der Waals surface area contributed by atoms with Crippen LogP contribution < -0.4 is 10.1 Å². The number of fused-ring (bicyclic) bond motifs is 1. The van der Waals surface area contributed by atoms with Gasteiger partial charge in [-0.3, -0.25) is 4.79 Å². The van der Waals surface area contributed by atoms with Crippen LogP contribution in [0, 0.1) is 5.82 Å². The predicted octanol–water partition coefficient (Wildman–Crippen LogP) is 4.77. The van der Waals surface area contributed by atoms with Crippen molar-refractivity contribution in [2.45, 2.75) is 44.7 Å². The zero-order valence-corrected chi connectivity index (χ0v) is 17.6. The molecule has 2 aromatic heterocycles. The van der Waals surface area contributed by atoms with Crippen molar-refractivity contribution in [2.24, 2.45) is 0 Å². The largest absolute Gasteiger partial charge is 0.496 e. The van der Waals surface area contributed by atoms with E-state index in [2.05, 4.69) is 21.4 Å². The summed E-state index contributed by atoms with van der Waals surface area (Å²) in [6.07, 6.45) is 6.88. The number of pyridine rings is 1. The normalized spacial score (nSPS) is 17.4. The Kier molecular flexibility index (Phi) is 6.04. The molecule has 0 spiro atoms. The molecule has 4 rings (SSSR count). The highest BCUT2D eigenvalue weighted by atomic mass is 19.1. The van der Waals surface area contributed by atoms with E-state index < -0.39 is 12.0 Å². The number of methoxy groups -OCH3 is 1. The Labute approximate surface area is 180 Å². The van der Waals surface area contributed by atoms with Crippen molar-refractivity contribution in [3.63, 3.8) is 0 Å². The lowest BCUT2D eigenvalue weighted by Crippen LogP contribution is -2.43. The monoisotopic (exact) mass is 423 g/mol. The van der Waals surface area contributed by atoms with E-state index in [4.69, 9.17) is 4.74 Å². The smallest absolute Gasteiger partial charge is 0.320 e. The summed E-state index contributed by atoms with van der Waals surface area (Å²) in [5.74, 6) is -0.526. The molecule has 0 amide bonds. The average Bonchev–Trinajstić information content (AvgIpc) is 3.22. The molecule has 7 heteroatoms. The highest BCUT2D eigenvalue weighted by molar-refractivity contribution is 5.96. The molecule has 1 aliphatic rings. The number of allylic oxidation sites excluding steroid dienone is 1. The van der Waals surface area contributed by atoms with Crippen LogP contribution in [0.1, 0.15) is 38.3 Å². The first-order chi connectivity index (χ1) is 15.0. The van der Waals surface area contributed by atoms with Gasteiger partial charge in [-0.25, -0.2) is 9.37 Å². The van der Waals surface area contributed by atoms with Crippen LogP contribution in [-0.2, 0) is 4.79 Å². The summed E-state index contributed by atoms with van der Waals surface area (Å²) in [6, 6.07) is 8.04. The first kappa shape index (κ1) is 21.1. The van der Waals surface area contributed by atoms with E-state index in [-0.39, 0.29) is 11.9 Å². The van der Waals surface area contributed by atoms with Crippen LogP contribution in [0.15, 0.2) is 42.6 Å². The molecule has 0 fully saturated rings. The van der Waals surface area contributed by atoms with Crippen LogP contribution >= 0.6 is 0 Å². The van der Waals surface area contributed by atoms with E-state index >= 15 is 0 Å².